The zero-order valence-electron chi connectivity index (χ0n) is 17.6. The second-order valence-electron chi connectivity index (χ2n) is 7.52. The van der Waals surface area contributed by atoms with Gasteiger partial charge in [0.25, 0.3) is 5.91 Å². The first-order chi connectivity index (χ1) is 14.5. The van der Waals surface area contributed by atoms with Crippen LogP contribution >= 0.6 is 0 Å². The highest BCUT2D eigenvalue weighted by Crippen LogP contribution is 2.21. The molecule has 1 N–H and O–H groups in total. The molecule has 1 saturated heterocycles. The van der Waals surface area contributed by atoms with Crippen molar-refractivity contribution >= 4 is 23.4 Å². The zero-order chi connectivity index (χ0) is 21.5. The Morgan fingerprint density at radius 3 is 2.33 bits per heavy atom. The van der Waals surface area contributed by atoms with Gasteiger partial charge in [0.1, 0.15) is 0 Å². The molecule has 2 aromatic carbocycles. The number of carbonyl (C=O) groups is 3. The van der Waals surface area contributed by atoms with Gasteiger partial charge in [-0.2, -0.15) is 0 Å². The molecule has 6 heteroatoms. The van der Waals surface area contributed by atoms with Gasteiger partial charge >= 0.3 is 0 Å². The Kier molecular flexibility index (Phi) is 7.22. The Balaban J connectivity index is 1.53. The highest BCUT2D eigenvalue weighted by molar-refractivity contribution is 5.98. The number of hydrogen-bond donors (Lipinski definition) is 1. The predicted octanol–water partition coefficient (Wildman–Crippen LogP) is 3.20. The molecule has 30 heavy (non-hydrogen) atoms. The zero-order valence-corrected chi connectivity index (χ0v) is 17.6. The number of benzene rings is 2. The number of likely N-dealkylation sites (tertiary alicyclic amines) is 1. The van der Waals surface area contributed by atoms with E-state index >= 15 is 0 Å². The van der Waals surface area contributed by atoms with Crippen molar-refractivity contribution in [2.45, 2.75) is 26.7 Å². The van der Waals surface area contributed by atoms with Gasteiger partial charge in [0.2, 0.25) is 11.8 Å². The molecule has 0 aromatic heterocycles. The minimum atomic E-state index is -0.356. The predicted molar refractivity (Wildman–Crippen MR) is 117 cm³/mol. The van der Waals surface area contributed by atoms with Crippen LogP contribution in [0.25, 0.3) is 0 Å². The maximum Gasteiger partial charge on any atom is 0.253 e. The third-order valence-electron chi connectivity index (χ3n) is 5.55. The molecule has 0 saturated carbocycles. The van der Waals surface area contributed by atoms with E-state index in [0.717, 1.165) is 6.42 Å². The van der Waals surface area contributed by atoms with E-state index in [0.29, 0.717) is 37.4 Å². The lowest BCUT2D eigenvalue weighted by atomic mass is 10.1. The van der Waals surface area contributed by atoms with Gasteiger partial charge in [-0.05, 0) is 50.1 Å². The molecule has 1 atom stereocenters. The van der Waals surface area contributed by atoms with Gasteiger partial charge in [-0.25, -0.2) is 0 Å². The maximum atomic E-state index is 12.6. The topological polar surface area (TPSA) is 69.7 Å². The van der Waals surface area contributed by atoms with Gasteiger partial charge in [-0.3, -0.25) is 14.4 Å². The Labute approximate surface area is 177 Å². The van der Waals surface area contributed by atoms with Crippen LogP contribution in [-0.2, 0) is 16.0 Å². The summed E-state index contributed by atoms with van der Waals surface area (Å²) in [6.45, 7) is 6.27. The van der Waals surface area contributed by atoms with E-state index in [1.54, 1.807) is 34.1 Å². The molecule has 0 unspecified atom stereocenters. The highest BCUT2D eigenvalue weighted by atomic mass is 16.2. The number of nitrogens with zero attached hydrogens (tertiary/aromatic N) is 2. The average molecular weight is 408 g/mol. The van der Waals surface area contributed by atoms with E-state index in [9.17, 15) is 14.4 Å². The largest absolute Gasteiger partial charge is 0.342 e. The van der Waals surface area contributed by atoms with Crippen molar-refractivity contribution in [2.24, 2.45) is 5.92 Å². The lowest BCUT2D eigenvalue weighted by Gasteiger charge is -2.19. The third kappa shape index (κ3) is 5.26. The van der Waals surface area contributed by atoms with Gasteiger partial charge in [0, 0.05) is 43.9 Å². The summed E-state index contributed by atoms with van der Waals surface area (Å²) in [7, 11) is 0. The van der Waals surface area contributed by atoms with Crippen LogP contribution in [0.15, 0.2) is 54.6 Å². The van der Waals surface area contributed by atoms with Crippen LogP contribution in [0.2, 0.25) is 0 Å². The summed E-state index contributed by atoms with van der Waals surface area (Å²) in [4.78, 5) is 40.8. The Bertz CT molecular complexity index is 876. The monoisotopic (exact) mass is 407 g/mol. The number of anilines is 1. The molecule has 158 valence electrons. The lowest BCUT2D eigenvalue weighted by molar-refractivity contribution is -0.128. The molecular formula is C24H29N3O3. The SMILES string of the molecule is CCN(CC)C(=O)c1ccc(NC(=O)[C@H]2CC(=O)N(CCc3ccccc3)C2)cc1. The first kappa shape index (κ1) is 21.6. The van der Waals surface area contributed by atoms with Gasteiger partial charge in [0.15, 0.2) is 0 Å². The fourth-order valence-electron chi connectivity index (χ4n) is 3.71. The quantitative estimate of drug-likeness (QED) is 0.731. The number of hydrogen-bond acceptors (Lipinski definition) is 3. The van der Waals surface area contributed by atoms with Gasteiger partial charge in [-0.15, -0.1) is 0 Å². The smallest absolute Gasteiger partial charge is 0.253 e. The van der Waals surface area contributed by atoms with Crippen LogP contribution in [0, 0.1) is 5.92 Å². The molecule has 0 spiro atoms. The first-order valence-corrected chi connectivity index (χ1v) is 10.5. The van der Waals surface area contributed by atoms with Crippen LogP contribution in [0.3, 0.4) is 0 Å². The van der Waals surface area contributed by atoms with Crippen molar-refractivity contribution in [1.82, 2.24) is 9.80 Å². The molecule has 1 aliphatic rings. The Morgan fingerprint density at radius 1 is 1.03 bits per heavy atom. The summed E-state index contributed by atoms with van der Waals surface area (Å²) in [5.41, 5.74) is 2.41. The molecule has 3 rings (SSSR count). The Hall–Kier alpha value is -3.15. The molecule has 0 aliphatic carbocycles. The molecule has 3 amide bonds. The fourth-order valence-corrected chi connectivity index (χ4v) is 3.71. The van der Waals surface area contributed by atoms with Crippen molar-refractivity contribution in [3.05, 3.63) is 65.7 Å². The van der Waals surface area contributed by atoms with E-state index < -0.39 is 0 Å². The summed E-state index contributed by atoms with van der Waals surface area (Å²) in [6.07, 6.45) is 1.02. The number of nitrogens with one attached hydrogen (secondary N) is 1. The van der Waals surface area contributed by atoms with Crippen molar-refractivity contribution in [1.29, 1.82) is 0 Å². The average Bonchev–Trinajstić information content (AvgIpc) is 3.15. The summed E-state index contributed by atoms with van der Waals surface area (Å²) >= 11 is 0. The van der Waals surface area contributed by atoms with Gasteiger partial charge in [0.05, 0.1) is 5.92 Å². The van der Waals surface area contributed by atoms with Crippen molar-refractivity contribution < 1.29 is 14.4 Å². The van der Waals surface area contributed by atoms with Crippen molar-refractivity contribution in [3.8, 4) is 0 Å². The Morgan fingerprint density at radius 2 is 1.70 bits per heavy atom. The summed E-state index contributed by atoms with van der Waals surface area (Å²) in [5.74, 6) is -0.516. The molecule has 1 heterocycles. The second-order valence-corrected chi connectivity index (χ2v) is 7.52. The van der Waals surface area contributed by atoms with E-state index in [1.165, 1.54) is 5.56 Å². The van der Waals surface area contributed by atoms with Crippen LogP contribution in [0.5, 0.6) is 0 Å². The van der Waals surface area contributed by atoms with E-state index in [2.05, 4.69) is 5.32 Å². The van der Waals surface area contributed by atoms with E-state index in [-0.39, 0.29) is 30.1 Å². The van der Waals surface area contributed by atoms with Crippen LogP contribution < -0.4 is 5.32 Å². The van der Waals surface area contributed by atoms with Crippen LogP contribution in [-0.4, -0.2) is 53.7 Å². The third-order valence-corrected chi connectivity index (χ3v) is 5.55. The molecule has 0 bridgehead atoms. The van der Waals surface area contributed by atoms with Gasteiger partial charge in [-0.1, -0.05) is 30.3 Å². The molecule has 1 aliphatic heterocycles. The minimum absolute atomic E-state index is 0.0197. The first-order valence-electron chi connectivity index (χ1n) is 10.5. The molecule has 2 aromatic rings. The molecule has 1 fully saturated rings. The van der Waals surface area contributed by atoms with Crippen LogP contribution in [0.1, 0.15) is 36.2 Å². The summed E-state index contributed by atoms with van der Waals surface area (Å²) < 4.78 is 0. The standard InChI is InChI=1S/C24H29N3O3/c1-3-26(4-2)24(30)19-10-12-21(13-11-19)25-23(29)20-16-22(28)27(17-20)15-14-18-8-6-5-7-9-18/h5-13,20H,3-4,14-17H2,1-2H3,(H,25,29)/t20-/m0/s1. The van der Waals surface area contributed by atoms with Crippen molar-refractivity contribution in [3.63, 3.8) is 0 Å². The highest BCUT2D eigenvalue weighted by Gasteiger charge is 2.34. The fraction of sp³-hybridized carbons (Fsp3) is 0.375. The summed E-state index contributed by atoms with van der Waals surface area (Å²) in [5, 5.41) is 2.88. The van der Waals surface area contributed by atoms with E-state index in [1.807, 2.05) is 44.2 Å². The second kappa shape index (κ2) is 10.1. The van der Waals surface area contributed by atoms with E-state index in [4.69, 9.17) is 0 Å². The van der Waals surface area contributed by atoms with Crippen LogP contribution in [0.4, 0.5) is 5.69 Å². The molecule has 6 nitrogen and oxygen atoms in total. The minimum Gasteiger partial charge on any atom is -0.342 e. The number of rotatable bonds is 8. The number of amides is 3. The molecule has 0 radical (unpaired) electrons. The maximum absolute atomic E-state index is 12.6. The van der Waals surface area contributed by atoms with Crippen molar-refractivity contribution in [2.75, 3.05) is 31.5 Å². The normalized spacial score (nSPS) is 15.9. The number of carbonyl (C=O) groups excluding carboxylic acids is 3. The summed E-state index contributed by atoms with van der Waals surface area (Å²) in [6, 6.07) is 16.9. The molecular weight excluding hydrogens is 378 g/mol. The lowest BCUT2D eigenvalue weighted by Crippen LogP contribution is -2.30. The van der Waals surface area contributed by atoms with Gasteiger partial charge < -0.3 is 15.1 Å².